The molecular formula is C25H27N3O7. The lowest BCUT2D eigenvalue weighted by Crippen LogP contribution is -2.41. The summed E-state index contributed by atoms with van der Waals surface area (Å²) in [5.41, 5.74) is 5.83. The number of aryl methyl sites for hydroxylation is 1. The molecule has 1 aliphatic carbocycles. The fourth-order valence-corrected chi connectivity index (χ4v) is 4.93. The van der Waals surface area contributed by atoms with Gasteiger partial charge in [-0.3, -0.25) is 29.4 Å². The van der Waals surface area contributed by atoms with Crippen LogP contribution >= 0.6 is 0 Å². The third-order valence-electron chi connectivity index (χ3n) is 6.59. The maximum Gasteiger partial charge on any atom is 0.342 e. The molecule has 1 aliphatic heterocycles. The number of furan rings is 1. The molecule has 3 N–H and O–H groups in total. The van der Waals surface area contributed by atoms with Gasteiger partial charge in [0.2, 0.25) is 11.8 Å². The number of anilines is 1. The van der Waals surface area contributed by atoms with E-state index in [4.69, 9.17) is 14.9 Å². The van der Waals surface area contributed by atoms with Crippen molar-refractivity contribution in [2.75, 3.05) is 18.5 Å². The number of ether oxygens (including phenoxy) is 1. The number of benzene rings is 1. The van der Waals surface area contributed by atoms with Gasteiger partial charge in [0.05, 0.1) is 17.7 Å². The van der Waals surface area contributed by atoms with Crippen molar-refractivity contribution < 1.29 is 33.1 Å². The summed E-state index contributed by atoms with van der Waals surface area (Å²) in [6.45, 7) is 3.29. The number of fused-ring (bicyclic) bond motifs is 1. The summed E-state index contributed by atoms with van der Waals surface area (Å²) < 4.78 is 10.5. The Morgan fingerprint density at radius 1 is 1.09 bits per heavy atom. The van der Waals surface area contributed by atoms with Gasteiger partial charge in [-0.15, -0.1) is 0 Å². The molecular weight excluding hydrogens is 454 g/mol. The van der Waals surface area contributed by atoms with Gasteiger partial charge in [-0.2, -0.15) is 0 Å². The van der Waals surface area contributed by atoms with Crippen molar-refractivity contribution in [2.24, 2.45) is 17.6 Å². The minimum atomic E-state index is -0.938. The van der Waals surface area contributed by atoms with Crippen molar-refractivity contribution in [2.45, 2.75) is 39.5 Å². The molecule has 35 heavy (non-hydrogen) atoms. The zero-order valence-corrected chi connectivity index (χ0v) is 19.6. The first-order valence-electron chi connectivity index (χ1n) is 11.6. The van der Waals surface area contributed by atoms with Crippen LogP contribution in [0, 0.1) is 18.8 Å². The average molecular weight is 482 g/mol. The highest BCUT2D eigenvalue weighted by Gasteiger charge is 2.40. The van der Waals surface area contributed by atoms with Crippen LogP contribution in [-0.2, 0) is 9.53 Å². The van der Waals surface area contributed by atoms with Crippen molar-refractivity contribution in [1.82, 2.24) is 4.90 Å². The predicted octanol–water partition coefficient (Wildman–Crippen LogP) is 2.90. The van der Waals surface area contributed by atoms with Crippen LogP contribution in [0.15, 0.2) is 28.7 Å². The maximum absolute atomic E-state index is 13.3. The van der Waals surface area contributed by atoms with Gasteiger partial charge in [0.1, 0.15) is 16.9 Å². The monoisotopic (exact) mass is 481 g/mol. The average Bonchev–Trinajstić information content (AvgIpc) is 3.28. The molecule has 2 aromatic rings. The summed E-state index contributed by atoms with van der Waals surface area (Å²) in [7, 11) is 0. The predicted molar refractivity (Wildman–Crippen MR) is 124 cm³/mol. The Kier molecular flexibility index (Phi) is 6.72. The van der Waals surface area contributed by atoms with Gasteiger partial charge in [-0.05, 0) is 44.7 Å². The third kappa shape index (κ3) is 4.43. The van der Waals surface area contributed by atoms with Crippen molar-refractivity contribution in [1.29, 1.82) is 0 Å². The Balaban J connectivity index is 1.55. The lowest BCUT2D eigenvalue weighted by Gasteiger charge is -2.32. The number of primary amides is 1. The van der Waals surface area contributed by atoms with Crippen molar-refractivity contribution >= 4 is 35.5 Å². The normalized spacial score (nSPS) is 19.4. The third-order valence-corrected chi connectivity index (χ3v) is 6.59. The molecule has 184 valence electrons. The van der Waals surface area contributed by atoms with Gasteiger partial charge in [0.25, 0.3) is 17.7 Å². The molecule has 1 saturated carbocycles. The van der Waals surface area contributed by atoms with Crippen LogP contribution in [0.3, 0.4) is 0 Å². The number of nitrogens with one attached hydrogen (secondary N) is 1. The van der Waals surface area contributed by atoms with Crippen LogP contribution < -0.4 is 11.1 Å². The molecule has 10 heteroatoms. The molecule has 0 radical (unpaired) electrons. The fourth-order valence-electron chi connectivity index (χ4n) is 4.93. The van der Waals surface area contributed by atoms with E-state index in [1.807, 2.05) is 0 Å². The number of hydrogen-bond acceptors (Lipinski definition) is 7. The van der Waals surface area contributed by atoms with Crippen LogP contribution in [0.4, 0.5) is 5.88 Å². The van der Waals surface area contributed by atoms with Crippen molar-refractivity contribution in [3.05, 3.63) is 52.3 Å². The SMILES string of the molecule is CCOC(=O)c1c(C)oc(NC(=O)C2CCCCC2CN2C(=O)c3ccccc3C2=O)c1C(N)=O. The van der Waals surface area contributed by atoms with Crippen LogP contribution in [-0.4, -0.2) is 47.6 Å². The van der Waals surface area contributed by atoms with Crippen LogP contribution in [0.25, 0.3) is 0 Å². The van der Waals surface area contributed by atoms with Gasteiger partial charge in [-0.1, -0.05) is 25.0 Å². The molecule has 0 bridgehead atoms. The van der Waals surface area contributed by atoms with E-state index in [9.17, 15) is 24.0 Å². The topological polar surface area (TPSA) is 149 Å². The minimum Gasteiger partial charge on any atom is -0.462 e. The number of nitrogens with zero attached hydrogens (tertiary/aromatic N) is 1. The summed E-state index contributed by atoms with van der Waals surface area (Å²) in [6.07, 6.45) is 2.84. The second kappa shape index (κ2) is 9.73. The van der Waals surface area contributed by atoms with Gasteiger partial charge in [-0.25, -0.2) is 4.79 Å². The van der Waals surface area contributed by atoms with Gasteiger partial charge in [0, 0.05) is 12.5 Å². The zero-order chi connectivity index (χ0) is 25.3. The smallest absolute Gasteiger partial charge is 0.342 e. The van der Waals surface area contributed by atoms with Crippen LogP contribution in [0.1, 0.15) is 79.8 Å². The number of carbonyl (C=O) groups excluding carboxylic acids is 5. The van der Waals surface area contributed by atoms with E-state index in [0.717, 1.165) is 12.8 Å². The van der Waals surface area contributed by atoms with E-state index in [0.29, 0.717) is 24.0 Å². The number of esters is 1. The first kappa shape index (κ1) is 24.2. The molecule has 4 amide bonds. The summed E-state index contributed by atoms with van der Waals surface area (Å²) in [5.74, 6) is -3.81. The highest BCUT2D eigenvalue weighted by Crippen LogP contribution is 2.35. The Bertz CT molecular complexity index is 1180. The quantitative estimate of drug-likeness (QED) is 0.456. The van der Waals surface area contributed by atoms with Crippen molar-refractivity contribution in [3.63, 3.8) is 0 Å². The van der Waals surface area contributed by atoms with Crippen molar-refractivity contribution in [3.8, 4) is 0 Å². The van der Waals surface area contributed by atoms with E-state index in [1.54, 1.807) is 31.2 Å². The molecule has 1 fully saturated rings. The first-order chi connectivity index (χ1) is 16.7. The summed E-state index contributed by atoms with van der Waals surface area (Å²) >= 11 is 0. The first-order valence-corrected chi connectivity index (χ1v) is 11.6. The van der Waals surface area contributed by atoms with Gasteiger partial charge < -0.3 is 14.9 Å². The Morgan fingerprint density at radius 3 is 2.31 bits per heavy atom. The standard InChI is InChI=1S/C25H27N3O7/c1-3-34-25(33)18-13(2)35-22(19(18)20(26)29)27-21(30)15-9-5-4-8-14(15)12-28-23(31)16-10-6-7-11-17(16)24(28)32/h6-7,10-11,14-15H,3-5,8-9,12H2,1-2H3,(H2,26,29)(H,27,30). The number of imide groups is 1. The molecule has 2 atom stereocenters. The van der Waals surface area contributed by atoms with E-state index >= 15 is 0 Å². The molecule has 2 aliphatic rings. The molecule has 4 rings (SSSR count). The molecule has 2 heterocycles. The maximum atomic E-state index is 13.3. The van der Waals surface area contributed by atoms with Gasteiger partial charge >= 0.3 is 5.97 Å². The summed E-state index contributed by atoms with van der Waals surface area (Å²) in [6, 6.07) is 6.64. The van der Waals surface area contributed by atoms with Gasteiger partial charge in [0.15, 0.2) is 0 Å². The van der Waals surface area contributed by atoms with Crippen LogP contribution in [0.2, 0.25) is 0 Å². The number of carbonyl (C=O) groups is 5. The highest BCUT2D eigenvalue weighted by molar-refractivity contribution is 6.21. The molecule has 1 aromatic heterocycles. The number of rotatable bonds is 7. The van der Waals surface area contributed by atoms with E-state index in [2.05, 4.69) is 5.32 Å². The number of hydrogen-bond donors (Lipinski definition) is 2. The lowest BCUT2D eigenvalue weighted by atomic mass is 9.78. The Labute approximate surface area is 201 Å². The highest BCUT2D eigenvalue weighted by atomic mass is 16.5. The number of amides is 4. The number of nitrogens with two attached hydrogens (primary N) is 1. The zero-order valence-electron chi connectivity index (χ0n) is 19.6. The fraction of sp³-hybridized carbons (Fsp3) is 0.400. The van der Waals surface area contributed by atoms with E-state index in [1.165, 1.54) is 11.8 Å². The molecule has 1 aromatic carbocycles. The molecule has 10 nitrogen and oxygen atoms in total. The summed E-state index contributed by atoms with van der Waals surface area (Å²) in [4.78, 5) is 64.6. The second-order valence-electron chi connectivity index (χ2n) is 8.73. The van der Waals surface area contributed by atoms with Crippen LogP contribution in [0.5, 0.6) is 0 Å². The Hall–Kier alpha value is -3.95. The largest absolute Gasteiger partial charge is 0.462 e. The molecule has 2 unspecified atom stereocenters. The second-order valence-corrected chi connectivity index (χ2v) is 8.73. The molecule has 0 spiro atoms. The Morgan fingerprint density at radius 2 is 1.71 bits per heavy atom. The van der Waals surface area contributed by atoms with E-state index in [-0.39, 0.29) is 53.7 Å². The molecule has 0 saturated heterocycles. The lowest BCUT2D eigenvalue weighted by molar-refractivity contribution is -0.122. The summed E-state index contributed by atoms with van der Waals surface area (Å²) in [5, 5.41) is 2.61. The minimum absolute atomic E-state index is 0.0882. The van der Waals surface area contributed by atoms with E-state index < -0.39 is 23.7 Å².